The minimum Gasteiger partial charge on any atom is -0.489 e. The topological polar surface area (TPSA) is 102 Å². The number of carboxylic acids is 1. The molecule has 0 aliphatic heterocycles. The Morgan fingerprint density at radius 2 is 1.95 bits per heavy atom. The van der Waals surface area contributed by atoms with E-state index in [4.69, 9.17) is 19.7 Å². The first-order chi connectivity index (χ1) is 10.1. The molecular weight excluding hydrogens is 280 g/mol. The molecule has 0 saturated heterocycles. The van der Waals surface area contributed by atoms with Crippen LogP contribution < -0.4 is 9.47 Å². The Bertz CT molecular complexity index is 522. The van der Waals surface area contributed by atoms with Crippen LogP contribution in [0, 0.1) is 5.92 Å². The van der Waals surface area contributed by atoms with Gasteiger partial charge in [0.05, 0.1) is 12.2 Å². The Morgan fingerprint density at radius 3 is 2.57 bits per heavy atom. The first-order valence-electron chi connectivity index (χ1n) is 6.49. The van der Waals surface area contributed by atoms with Gasteiger partial charge in [0, 0.05) is 0 Å². The summed E-state index contributed by atoms with van der Waals surface area (Å²) in [5.74, 6) is -0.846. The molecule has 1 saturated carbocycles. The van der Waals surface area contributed by atoms with Gasteiger partial charge in [-0.3, -0.25) is 0 Å². The van der Waals surface area contributed by atoms with Crippen molar-refractivity contribution in [1.82, 2.24) is 0 Å². The molecule has 0 bridgehead atoms. The van der Waals surface area contributed by atoms with E-state index in [9.17, 15) is 9.59 Å². The van der Waals surface area contributed by atoms with Crippen molar-refractivity contribution in [2.75, 3.05) is 20.0 Å². The Kier molecular flexibility index (Phi) is 4.99. The molecule has 7 heteroatoms. The van der Waals surface area contributed by atoms with Crippen LogP contribution in [0.2, 0.25) is 0 Å². The molecule has 0 heterocycles. The van der Waals surface area contributed by atoms with Crippen molar-refractivity contribution in [3.63, 3.8) is 0 Å². The van der Waals surface area contributed by atoms with E-state index in [1.165, 1.54) is 18.2 Å². The molecule has 1 aromatic carbocycles. The van der Waals surface area contributed by atoms with Crippen LogP contribution in [0.15, 0.2) is 18.2 Å². The zero-order chi connectivity index (χ0) is 15.2. The number of aliphatic hydroxyl groups is 1. The van der Waals surface area contributed by atoms with Gasteiger partial charge in [-0.25, -0.2) is 9.59 Å². The maximum atomic E-state index is 11.7. The van der Waals surface area contributed by atoms with Crippen molar-refractivity contribution in [2.45, 2.75) is 12.8 Å². The fourth-order valence-corrected chi connectivity index (χ4v) is 1.64. The van der Waals surface area contributed by atoms with Crippen molar-refractivity contribution in [2.24, 2.45) is 5.92 Å². The predicted octanol–water partition coefficient (Wildman–Crippen LogP) is 1.05. The van der Waals surface area contributed by atoms with Gasteiger partial charge in [-0.15, -0.1) is 0 Å². The summed E-state index contributed by atoms with van der Waals surface area (Å²) in [6.45, 7) is -0.704. The van der Waals surface area contributed by atoms with Gasteiger partial charge in [-0.05, 0) is 37.0 Å². The Labute approximate surface area is 121 Å². The number of aliphatic hydroxyl groups excluding tert-OH is 1. The van der Waals surface area contributed by atoms with Crippen LogP contribution in [0.5, 0.6) is 11.5 Å². The first-order valence-corrected chi connectivity index (χ1v) is 6.49. The van der Waals surface area contributed by atoms with Crippen molar-refractivity contribution in [3.05, 3.63) is 23.8 Å². The largest absolute Gasteiger partial charge is 0.489 e. The molecule has 2 rings (SSSR count). The molecular formula is C14H16O7. The average molecular weight is 296 g/mol. The Balaban J connectivity index is 2.08. The Morgan fingerprint density at radius 1 is 1.19 bits per heavy atom. The smallest absolute Gasteiger partial charge is 0.341 e. The van der Waals surface area contributed by atoms with Crippen LogP contribution >= 0.6 is 0 Å². The fraction of sp³-hybridized carbons (Fsp3) is 0.429. The lowest BCUT2D eigenvalue weighted by Crippen LogP contribution is -2.13. The summed E-state index contributed by atoms with van der Waals surface area (Å²) in [6.07, 6.45) is 2.22. The van der Waals surface area contributed by atoms with Gasteiger partial charge in [0.2, 0.25) is 0 Å². The number of hydrogen-bond acceptors (Lipinski definition) is 6. The molecule has 0 spiro atoms. The lowest BCUT2D eigenvalue weighted by molar-refractivity contribution is -0.140. The van der Waals surface area contributed by atoms with Crippen molar-refractivity contribution in [3.8, 4) is 11.5 Å². The molecule has 21 heavy (non-hydrogen) atoms. The maximum absolute atomic E-state index is 11.7. The molecule has 1 aliphatic rings. The van der Waals surface area contributed by atoms with Crippen molar-refractivity contribution < 1.29 is 34.0 Å². The fourth-order valence-electron chi connectivity index (χ4n) is 1.64. The summed E-state index contributed by atoms with van der Waals surface area (Å²) in [4.78, 5) is 22.1. The van der Waals surface area contributed by atoms with Gasteiger partial charge >= 0.3 is 11.9 Å². The molecule has 0 aromatic heterocycles. The molecule has 7 nitrogen and oxygen atoms in total. The van der Waals surface area contributed by atoms with E-state index >= 15 is 0 Å². The number of hydrogen-bond donors (Lipinski definition) is 2. The predicted molar refractivity (Wildman–Crippen MR) is 70.3 cm³/mol. The molecule has 1 fully saturated rings. The maximum Gasteiger partial charge on any atom is 0.341 e. The van der Waals surface area contributed by atoms with Gasteiger partial charge in [0.15, 0.2) is 24.9 Å². The van der Waals surface area contributed by atoms with Crippen LogP contribution in [0.3, 0.4) is 0 Å². The highest BCUT2D eigenvalue weighted by molar-refractivity contribution is 5.91. The van der Waals surface area contributed by atoms with Gasteiger partial charge in [-0.2, -0.15) is 0 Å². The van der Waals surface area contributed by atoms with Crippen LogP contribution in [0.25, 0.3) is 0 Å². The zero-order valence-electron chi connectivity index (χ0n) is 11.3. The van der Waals surface area contributed by atoms with E-state index in [0.29, 0.717) is 24.0 Å². The summed E-state index contributed by atoms with van der Waals surface area (Å²) < 4.78 is 15.2. The van der Waals surface area contributed by atoms with Gasteiger partial charge < -0.3 is 24.4 Å². The van der Waals surface area contributed by atoms with Crippen LogP contribution in [0.4, 0.5) is 0 Å². The van der Waals surface area contributed by atoms with Gasteiger partial charge in [0.1, 0.15) is 0 Å². The van der Waals surface area contributed by atoms with E-state index in [-0.39, 0.29) is 5.56 Å². The molecule has 0 amide bonds. The minimum absolute atomic E-state index is 0.160. The number of benzene rings is 1. The lowest BCUT2D eigenvalue weighted by atomic mass is 10.2. The van der Waals surface area contributed by atoms with Crippen molar-refractivity contribution in [1.29, 1.82) is 0 Å². The summed E-state index contributed by atoms with van der Waals surface area (Å²) in [5, 5.41) is 17.3. The minimum atomic E-state index is -1.23. The summed E-state index contributed by atoms with van der Waals surface area (Å²) in [6, 6.07) is 4.30. The summed E-state index contributed by atoms with van der Waals surface area (Å²) in [7, 11) is 0. The SMILES string of the molecule is O=C(O)COC(=O)c1ccc(OCO)c(OCC2CC2)c1. The highest BCUT2D eigenvalue weighted by Crippen LogP contribution is 2.33. The second-order valence-corrected chi connectivity index (χ2v) is 4.66. The Hall–Kier alpha value is -2.28. The number of ether oxygens (including phenoxy) is 3. The molecule has 0 atom stereocenters. The van der Waals surface area contributed by atoms with Gasteiger partial charge in [0.25, 0.3) is 0 Å². The van der Waals surface area contributed by atoms with Gasteiger partial charge in [-0.1, -0.05) is 0 Å². The second-order valence-electron chi connectivity index (χ2n) is 4.66. The molecule has 0 unspecified atom stereocenters. The van der Waals surface area contributed by atoms with Crippen LogP contribution in [-0.2, 0) is 9.53 Å². The summed E-state index contributed by atoms with van der Waals surface area (Å²) in [5.41, 5.74) is 0.160. The molecule has 1 aromatic rings. The third-order valence-electron chi connectivity index (χ3n) is 2.90. The number of esters is 1. The third-order valence-corrected chi connectivity index (χ3v) is 2.90. The number of carboxylic acid groups (broad SMARTS) is 1. The lowest BCUT2D eigenvalue weighted by Gasteiger charge is -2.12. The van der Waals surface area contributed by atoms with E-state index in [1.54, 1.807) is 0 Å². The van der Waals surface area contributed by atoms with Crippen molar-refractivity contribution >= 4 is 11.9 Å². The molecule has 1 aliphatic carbocycles. The van der Waals surface area contributed by atoms with E-state index in [2.05, 4.69) is 4.74 Å². The standard InChI is InChI=1S/C14H16O7/c15-8-21-11-4-3-10(14(18)20-7-13(16)17)5-12(11)19-6-9-1-2-9/h3-5,9,15H,1-2,6-8H2,(H,16,17). The van der Waals surface area contributed by atoms with Crippen LogP contribution in [-0.4, -0.2) is 42.2 Å². The average Bonchev–Trinajstić information content (AvgIpc) is 3.28. The summed E-state index contributed by atoms with van der Waals surface area (Å²) >= 11 is 0. The molecule has 2 N–H and O–H groups in total. The number of rotatable bonds is 8. The quantitative estimate of drug-likeness (QED) is 0.546. The zero-order valence-corrected chi connectivity index (χ0v) is 11.3. The molecule has 0 radical (unpaired) electrons. The monoisotopic (exact) mass is 296 g/mol. The number of carbonyl (C=O) groups is 2. The van der Waals surface area contributed by atoms with E-state index in [0.717, 1.165) is 12.8 Å². The van der Waals surface area contributed by atoms with Crippen LogP contribution in [0.1, 0.15) is 23.2 Å². The number of carbonyl (C=O) groups excluding carboxylic acids is 1. The first kappa shape index (κ1) is 15.1. The third kappa shape index (κ3) is 4.64. The highest BCUT2D eigenvalue weighted by atomic mass is 16.6. The van der Waals surface area contributed by atoms with E-state index < -0.39 is 25.3 Å². The van der Waals surface area contributed by atoms with E-state index in [1.807, 2.05) is 0 Å². The second kappa shape index (κ2) is 6.94. The molecule has 114 valence electrons. The number of aliphatic carboxylic acids is 1. The highest BCUT2D eigenvalue weighted by Gasteiger charge is 2.23. The normalized spacial score (nSPS) is 13.6.